The lowest BCUT2D eigenvalue weighted by molar-refractivity contribution is -0.380. The van der Waals surface area contributed by atoms with E-state index < -0.39 is 0 Å². The Bertz CT molecular complexity index is 528. The Kier molecular flexibility index (Phi) is 4.70. The highest BCUT2D eigenvalue weighted by Crippen LogP contribution is 2.33. The normalized spacial score (nSPS) is 20.7. The van der Waals surface area contributed by atoms with Gasteiger partial charge in [0.1, 0.15) is 0 Å². The average Bonchev–Trinajstić information content (AvgIpc) is 3.20. The molecule has 0 radical (unpaired) electrons. The van der Waals surface area contributed by atoms with E-state index in [-0.39, 0.29) is 9.92 Å². The first-order valence-corrected chi connectivity index (χ1v) is 8.72. The fourth-order valence-corrected chi connectivity index (χ4v) is 3.84. The minimum Gasteiger partial charge on any atom is -0.310 e. The van der Waals surface area contributed by atoms with Crippen LogP contribution in [0.1, 0.15) is 49.8 Å². The molecule has 0 bridgehead atoms. The highest BCUT2D eigenvalue weighted by atomic mass is 32.1. The molecular formula is C16H22N2O2S. The monoisotopic (exact) mass is 306 g/mol. The van der Waals surface area contributed by atoms with Crippen LogP contribution in [0.4, 0.5) is 5.00 Å². The van der Waals surface area contributed by atoms with Crippen molar-refractivity contribution >= 4 is 22.4 Å². The minimum absolute atomic E-state index is 0.236. The van der Waals surface area contributed by atoms with E-state index in [0.29, 0.717) is 12.0 Å². The Morgan fingerprint density at radius 1 is 1.29 bits per heavy atom. The molecule has 0 atom stereocenters. The van der Waals surface area contributed by atoms with E-state index in [2.05, 4.69) is 11.4 Å². The summed E-state index contributed by atoms with van der Waals surface area (Å²) in [6.07, 6.45) is 11.3. The highest BCUT2D eigenvalue weighted by molar-refractivity contribution is 7.16. The van der Waals surface area contributed by atoms with Crippen LogP contribution < -0.4 is 5.32 Å². The van der Waals surface area contributed by atoms with Gasteiger partial charge in [0.15, 0.2) is 0 Å². The van der Waals surface area contributed by atoms with Gasteiger partial charge in [-0.15, -0.1) is 0 Å². The largest absolute Gasteiger partial charge is 0.324 e. The number of nitrogens with one attached hydrogen (secondary N) is 1. The van der Waals surface area contributed by atoms with Crippen molar-refractivity contribution in [2.45, 2.75) is 51.0 Å². The van der Waals surface area contributed by atoms with E-state index in [1.54, 1.807) is 6.07 Å². The molecule has 3 rings (SSSR count). The first-order valence-electron chi connectivity index (χ1n) is 7.90. The average molecular weight is 306 g/mol. The Labute approximate surface area is 129 Å². The summed E-state index contributed by atoms with van der Waals surface area (Å²) in [5, 5.41) is 14.6. The van der Waals surface area contributed by atoms with Gasteiger partial charge >= 0.3 is 5.00 Å². The summed E-state index contributed by atoms with van der Waals surface area (Å²) >= 11 is 1.28. The first kappa shape index (κ1) is 14.7. The van der Waals surface area contributed by atoms with Gasteiger partial charge in [-0.25, -0.2) is 0 Å². The quantitative estimate of drug-likeness (QED) is 0.627. The summed E-state index contributed by atoms with van der Waals surface area (Å²) in [4.78, 5) is 11.5. The molecule has 1 heterocycles. The molecule has 4 nitrogen and oxygen atoms in total. The predicted octanol–water partition coefficient (Wildman–Crippen LogP) is 4.37. The van der Waals surface area contributed by atoms with E-state index in [1.165, 1.54) is 61.9 Å². The summed E-state index contributed by atoms with van der Waals surface area (Å²) in [6.45, 7) is 0.945. The maximum atomic E-state index is 10.8. The maximum Gasteiger partial charge on any atom is 0.324 e. The molecule has 1 aromatic heterocycles. The van der Waals surface area contributed by atoms with Crippen LogP contribution in [0, 0.1) is 16.0 Å². The van der Waals surface area contributed by atoms with Gasteiger partial charge < -0.3 is 5.32 Å². The minimum atomic E-state index is -0.301. The van der Waals surface area contributed by atoms with Gasteiger partial charge in [-0.1, -0.05) is 36.2 Å². The summed E-state index contributed by atoms with van der Waals surface area (Å²) in [5.41, 5.74) is 1.44. The highest BCUT2D eigenvalue weighted by Gasteiger charge is 2.23. The number of nitrogens with zero attached hydrogens (tertiary/aromatic N) is 1. The van der Waals surface area contributed by atoms with Crippen LogP contribution in [0.25, 0.3) is 6.08 Å². The van der Waals surface area contributed by atoms with E-state index in [0.717, 1.165) is 11.4 Å². The predicted molar refractivity (Wildman–Crippen MR) is 86.6 cm³/mol. The van der Waals surface area contributed by atoms with Crippen molar-refractivity contribution in [1.82, 2.24) is 5.32 Å². The number of nitro groups is 1. The molecule has 1 N–H and O–H groups in total. The molecule has 2 aliphatic carbocycles. The van der Waals surface area contributed by atoms with Gasteiger partial charge in [0.05, 0.1) is 4.92 Å². The molecule has 21 heavy (non-hydrogen) atoms. The third-order valence-corrected chi connectivity index (χ3v) is 5.41. The van der Waals surface area contributed by atoms with Gasteiger partial charge in [-0.3, -0.25) is 10.1 Å². The van der Waals surface area contributed by atoms with Crippen LogP contribution in [0.3, 0.4) is 0 Å². The Balaban J connectivity index is 1.74. The number of rotatable bonds is 6. The molecule has 0 unspecified atom stereocenters. The molecule has 1 aromatic rings. The summed E-state index contributed by atoms with van der Waals surface area (Å²) in [7, 11) is 0. The third-order valence-electron chi connectivity index (χ3n) is 4.42. The van der Waals surface area contributed by atoms with Crippen LogP contribution >= 0.6 is 11.3 Å². The smallest absolute Gasteiger partial charge is 0.310 e. The second-order valence-corrected chi connectivity index (χ2v) is 7.24. The molecular weight excluding hydrogens is 284 g/mol. The van der Waals surface area contributed by atoms with Crippen LogP contribution in [0.15, 0.2) is 17.7 Å². The molecule has 2 saturated carbocycles. The molecule has 0 saturated heterocycles. The molecule has 0 aromatic carbocycles. The topological polar surface area (TPSA) is 55.2 Å². The molecule has 114 valence electrons. The molecule has 0 spiro atoms. The van der Waals surface area contributed by atoms with E-state index in [4.69, 9.17) is 0 Å². The zero-order valence-electron chi connectivity index (χ0n) is 12.2. The van der Waals surface area contributed by atoms with Crippen LogP contribution in [0.5, 0.6) is 0 Å². The summed E-state index contributed by atoms with van der Waals surface area (Å²) in [5.74, 6) is 0.658. The molecule has 2 aliphatic rings. The zero-order chi connectivity index (χ0) is 14.7. The molecule has 5 heteroatoms. The third kappa shape index (κ3) is 4.14. The Morgan fingerprint density at radius 2 is 2.05 bits per heavy atom. The molecule has 2 fully saturated rings. The fourth-order valence-electron chi connectivity index (χ4n) is 3.04. The molecule has 0 aliphatic heterocycles. The lowest BCUT2D eigenvalue weighted by Crippen LogP contribution is -2.23. The van der Waals surface area contributed by atoms with Crippen molar-refractivity contribution in [1.29, 1.82) is 0 Å². The van der Waals surface area contributed by atoms with Gasteiger partial charge in [-0.2, -0.15) is 0 Å². The van der Waals surface area contributed by atoms with Crippen molar-refractivity contribution in [3.05, 3.63) is 32.7 Å². The van der Waals surface area contributed by atoms with Crippen LogP contribution in [0.2, 0.25) is 0 Å². The van der Waals surface area contributed by atoms with Crippen molar-refractivity contribution < 1.29 is 4.92 Å². The first-order chi connectivity index (χ1) is 10.2. The van der Waals surface area contributed by atoms with E-state index in [1.807, 2.05) is 6.07 Å². The number of hydrogen-bond acceptors (Lipinski definition) is 4. The van der Waals surface area contributed by atoms with Crippen molar-refractivity contribution in [3.63, 3.8) is 0 Å². The van der Waals surface area contributed by atoms with Crippen molar-refractivity contribution in [3.8, 4) is 0 Å². The van der Waals surface area contributed by atoms with Crippen molar-refractivity contribution in [2.75, 3.05) is 6.54 Å². The van der Waals surface area contributed by atoms with Gasteiger partial charge in [0.2, 0.25) is 0 Å². The van der Waals surface area contributed by atoms with Gasteiger partial charge in [0, 0.05) is 23.5 Å². The SMILES string of the molecule is O=[N+]([O-])c1ccc(/C=C(/CNC2CC2)C2CCCCC2)s1. The zero-order valence-corrected chi connectivity index (χ0v) is 13.0. The number of hydrogen-bond donors (Lipinski definition) is 1. The number of thiophene rings is 1. The van der Waals surface area contributed by atoms with Gasteiger partial charge in [0.25, 0.3) is 0 Å². The van der Waals surface area contributed by atoms with Crippen LogP contribution in [-0.4, -0.2) is 17.5 Å². The Hall–Kier alpha value is -1.20. The van der Waals surface area contributed by atoms with Crippen LogP contribution in [-0.2, 0) is 0 Å². The summed E-state index contributed by atoms with van der Waals surface area (Å²) in [6, 6.07) is 4.20. The lowest BCUT2D eigenvalue weighted by atomic mass is 9.83. The van der Waals surface area contributed by atoms with E-state index >= 15 is 0 Å². The fraction of sp³-hybridized carbons (Fsp3) is 0.625. The molecule has 0 amide bonds. The van der Waals surface area contributed by atoms with E-state index in [9.17, 15) is 10.1 Å². The van der Waals surface area contributed by atoms with Gasteiger partial charge in [-0.05, 0) is 43.7 Å². The Morgan fingerprint density at radius 3 is 2.67 bits per heavy atom. The maximum absolute atomic E-state index is 10.8. The van der Waals surface area contributed by atoms with Crippen molar-refractivity contribution in [2.24, 2.45) is 5.92 Å². The second-order valence-electron chi connectivity index (χ2n) is 6.14. The standard InChI is InChI=1S/C16H22N2O2S/c19-18(20)16-9-8-15(21-16)10-13(11-17-14-6-7-14)12-4-2-1-3-5-12/h8-10,12,14,17H,1-7,11H2/b13-10-. The lowest BCUT2D eigenvalue weighted by Gasteiger charge is -2.25. The second kappa shape index (κ2) is 6.71. The summed E-state index contributed by atoms with van der Waals surface area (Å²) < 4.78 is 0.